The number of Topliss-reactive ketones (excluding diaryl/α,β-unsaturated/α-hetero) is 1. The fourth-order valence-corrected chi connectivity index (χ4v) is 11.9. The van der Waals surface area contributed by atoms with Crippen LogP contribution in [0.15, 0.2) is 102 Å². The molecule has 11 atom stereocenters. The lowest BCUT2D eigenvalue weighted by Crippen LogP contribution is -2.82. The Bertz CT molecular complexity index is 2670. The highest BCUT2D eigenvalue weighted by Crippen LogP contribution is 2.66. The first-order valence-corrected chi connectivity index (χ1v) is 25.0. The topological polar surface area (TPSA) is 314 Å². The zero-order valence-electron chi connectivity index (χ0n) is 38.7. The Morgan fingerprint density at radius 2 is 1.36 bits per heavy atom. The highest BCUT2D eigenvalue weighted by atomic mass is 31.2. The summed E-state index contributed by atoms with van der Waals surface area (Å²) in [6.45, 7) is 6.88. The van der Waals surface area contributed by atoms with Crippen LogP contribution in [-0.4, -0.2) is 115 Å². The number of benzene rings is 3. The molecule has 4 aliphatic rings. The number of ether oxygens (including phenoxy) is 5. The maximum absolute atomic E-state index is 15.9. The first kappa shape index (κ1) is 52.4. The molecule has 3 fully saturated rings. The van der Waals surface area contributed by atoms with Gasteiger partial charge in [0.25, 0.3) is 5.91 Å². The van der Waals surface area contributed by atoms with Gasteiger partial charge in [-0.15, -0.1) is 0 Å². The third-order valence-corrected chi connectivity index (χ3v) is 15.0. The van der Waals surface area contributed by atoms with Crippen LogP contribution in [0.4, 0.5) is 0 Å². The fourth-order valence-electron chi connectivity index (χ4n) is 10.7. The van der Waals surface area contributed by atoms with E-state index in [1.165, 1.54) is 88.4 Å². The number of phosphoric ester groups is 2. The first-order chi connectivity index (χ1) is 32.6. The summed E-state index contributed by atoms with van der Waals surface area (Å²) in [6.07, 6.45) is -12.9. The molecule has 1 heterocycles. The predicted octanol–water partition coefficient (Wildman–Crippen LogP) is 3.97. The monoisotopic (exact) mass is 1010 g/mol. The third-order valence-electron chi connectivity index (χ3n) is 13.9. The molecule has 2 bridgehead atoms. The average molecular weight is 1010 g/mol. The van der Waals surface area contributed by atoms with Crippen molar-refractivity contribution in [1.82, 2.24) is 5.32 Å². The van der Waals surface area contributed by atoms with Crippen LogP contribution in [0.3, 0.4) is 0 Å². The number of hydrogen-bond donors (Lipinski definition) is 6. The molecule has 7 rings (SSSR count). The molecule has 70 heavy (non-hydrogen) atoms. The number of carbonyl (C=O) groups excluding carboxylic acids is 6. The number of rotatable bonds is 14. The van der Waals surface area contributed by atoms with Gasteiger partial charge >= 0.3 is 39.5 Å². The van der Waals surface area contributed by atoms with E-state index >= 15 is 4.79 Å². The zero-order valence-corrected chi connectivity index (χ0v) is 40.4. The van der Waals surface area contributed by atoms with Gasteiger partial charge in [-0.3, -0.25) is 28.2 Å². The van der Waals surface area contributed by atoms with E-state index in [0.29, 0.717) is 0 Å². The van der Waals surface area contributed by atoms with Gasteiger partial charge in [-0.25, -0.2) is 18.7 Å². The Labute approximate surface area is 401 Å². The Kier molecular flexibility index (Phi) is 14.4. The molecule has 2 saturated carbocycles. The first-order valence-electron chi connectivity index (χ1n) is 22.0. The van der Waals surface area contributed by atoms with Crippen molar-refractivity contribution in [3.05, 3.63) is 119 Å². The van der Waals surface area contributed by atoms with E-state index in [-0.39, 0.29) is 27.8 Å². The molecule has 1 aliphatic heterocycles. The van der Waals surface area contributed by atoms with Crippen molar-refractivity contribution in [2.45, 2.75) is 108 Å². The molecular weight excluding hydrogens is 960 g/mol. The highest BCUT2D eigenvalue weighted by molar-refractivity contribution is 7.46. The summed E-state index contributed by atoms with van der Waals surface area (Å²) < 4.78 is 66.2. The molecule has 1 amide bonds. The standard InChI is InChI=1S/C47H53NO20P2/c1-25-31(64-43(54)37(68-70(59,60)61)35(28-16-10-7-11-17-28)48-41(52)29-18-12-8-13-19-29)23-47(55)40(65-42(53)30-20-14-9-15-21-30)38-45(6,39(51)36(63-26(2)49)34(25)44(47,4)5)32(67-69(56,57)58)22-33-46(38,24-62-33)66-27(3)50/h7-21,31-33,35-38,40,55H,22-24H2,1-6H3,(H,48,52)(H2,56,57,58)(H2,59,60,61)/t31-,32-,33+,35-,36+,37+,38-,40-,45+,46-,47+/m0/s1. The van der Waals surface area contributed by atoms with Crippen molar-refractivity contribution in [2.24, 2.45) is 16.7 Å². The molecule has 0 spiro atoms. The van der Waals surface area contributed by atoms with Gasteiger partial charge in [0, 0.05) is 37.7 Å². The maximum atomic E-state index is 15.9. The quantitative estimate of drug-likeness (QED) is 0.0576. The molecule has 0 unspecified atom stereocenters. The Balaban J connectivity index is 1.46. The Hall–Kier alpha value is -5.44. The number of esters is 4. The van der Waals surface area contributed by atoms with E-state index in [1.54, 1.807) is 30.3 Å². The number of aliphatic hydroxyl groups is 1. The average Bonchev–Trinajstić information content (AvgIpc) is 3.28. The van der Waals surface area contributed by atoms with Gasteiger partial charge in [-0.05, 0) is 54.8 Å². The molecule has 21 nitrogen and oxygen atoms in total. The van der Waals surface area contributed by atoms with Crippen molar-refractivity contribution in [2.75, 3.05) is 6.61 Å². The molecule has 0 aromatic heterocycles. The largest absolute Gasteiger partial charge is 0.470 e. The van der Waals surface area contributed by atoms with Gasteiger partial charge in [-0.2, -0.15) is 0 Å². The van der Waals surface area contributed by atoms with Crippen molar-refractivity contribution >= 4 is 51.2 Å². The summed E-state index contributed by atoms with van der Waals surface area (Å²) in [7, 11) is -11.2. The van der Waals surface area contributed by atoms with Crippen LogP contribution in [0.2, 0.25) is 0 Å². The molecule has 3 aromatic rings. The minimum Gasteiger partial charge on any atom is -0.456 e. The molecule has 1 saturated heterocycles. The van der Waals surface area contributed by atoms with Crippen LogP contribution in [0.1, 0.15) is 86.7 Å². The number of ketones is 1. The number of carbonyl (C=O) groups is 6. The van der Waals surface area contributed by atoms with Crippen LogP contribution in [0.5, 0.6) is 0 Å². The fraction of sp³-hybridized carbons (Fsp3) is 0.447. The van der Waals surface area contributed by atoms with E-state index in [2.05, 4.69) is 5.32 Å². The smallest absolute Gasteiger partial charge is 0.456 e. The van der Waals surface area contributed by atoms with Crippen molar-refractivity contribution in [3.8, 4) is 0 Å². The van der Waals surface area contributed by atoms with Crippen LogP contribution in [0.25, 0.3) is 0 Å². The summed E-state index contributed by atoms with van der Waals surface area (Å²) in [5, 5.41) is 16.5. The van der Waals surface area contributed by atoms with E-state index in [4.69, 9.17) is 32.7 Å². The lowest BCUT2D eigenvalue weighted by Gasteiger charge is -2.67. The molecule has 3 aromatic carbocycles. The van der Waals surface area contributed by atoms with E-state index in [9.17, 15) is 57.8 Å². The number of fused-ring (bicyclic) bond motifs is 5. The molecule has 6 N–H and O–H groups in total. The third kappa shape index (κ3) is 9.80. The normalized spacial score (nSPS) is 30.1. The van der Waals surface area contributed by atoms with Gasteiger partial charge in [0.1, 0.15) is 23.9 Å². The second-order valence-corrected chi connectivity index (χ2v) is 20.9. The lowest BCUT2D eigenvalue weighted by atomic mass is 9.44. The lowest BCUT2D eigenvalue weighted by molar-refractivity contribution is -0.344. The van der Waals surface area contributed by atoms with E-state index in [1.807, 2.05) is 0 Å². The summed E-state index contributed by atoms with van der Waals surface area (Å²) in [5.41, 5.74) is -9.24. The SMILES string of the molecule is CC(=O)O[C@H]1C(=O)[C@]2(C)[C@@H](OP(=O)(O)O)C[C@H]3OC[C@@]3(OC(C)=O)[C@H]2[C@H](OC(=O)c2ccccc2)[C@]2(O)C[C@H](OC(=O)[C@H](OP(=O)(O)O)[C@@H](NC(=O)c3ccccc3)c3ccccc3)C(C)=C1C2(C)C. The van der Waals surface area contributed by atoms with Crippen molar-refractivity contribution < 1.29 is 95.3 Å². The highest BCUT2D eigenvalue weighted by Gasteiger charge is 2.79. The van der Waals surface area contributed by atoms with Crippen LogP contribution >= 0.6 is 15.6 Å². The van der Waals surface area contributed by atoms with E-state index < -0.39 is 141 Å². The number of hydrogen-bond acceptors (Lipinski definition) is 16. The minimum atomic E-state index is -5.65. The van der Waals surface area contributed by atoms with Crippen LogP contribution in [0, 0.1) is 16.7 Å². The van der Waals surface area contributed by atoms with Gasteiger partial charge in [0.05, 0.1) is 35.6 Å². The minimum absolute atomic E-state index is 0.0693. The summed E-state index contributed by atoms with van der Waals surface area (Å²) in [4.78, 5) is 126. The maximum Gasteiger partial charge on any atom is 0.470 e. The van der Waals surface area contributed by atoms with Crippen LogP contribution in [-0.2, 0) is 61.0 Å². The number of nitrogens with one attached hydrogen (secondary N) is 1. The Morgan fingerprint density at radius 1 is 0.786 bits per heavy atom. The molecule has 23 heteroatoms. The summed E-state index contributed by atoms with van der Waals surface area (Å²) in [6, 6.07) is 20.9. The summed E-state index contributed by atoms with van der Waals surface area (Å²) >= 11 is 0. The molecular formula is C47H53NO20P2. The van der Waals surface area contributed by atoms with Crippen molar-refractivity contribution in [3.63, 3.8) is 0 Å². The number of phosphoric acid groups is 2. The predicted molar refractivity (Wildman–Crippen MR) is 240 cm³/mol. The number of amides is 1. The second-order valence-electron chi connectivity index (χ2n) is 18.5. The van der Waals surface area contributed by atoms with Gasteiger partial charge in [-0.1, -0.05) is 80.6 Å². The van der Waals surface area contributed by atoms with Gasteiger partial charge in [0.15, 0.2) is 23.6 Å². The zero-order chi connectivity index (χ0) is 51.4. The van der Waals surface area contributed by atoms with E-state index in [0.717, 1.165) is 13.8 Å². The van der Waals surface area contributed by atoms with Crippen molar-refractivity contribution in [1.29, 1.82) is 0 Å². The summed E-state index contributed by atoms with van der Waals surface area (Å²) in [5.74, 6) is -8.44. The molecule has 0 radical (unpaired) electrons. The molecule has 376 valence electrons. The van der Waals surface area contributed by atoms with Gasteiger partial charge < -0.3 is 53.7 Å². The Morgan fingerprint density at radius 3 is 1.87 bits per heavy atom. The van der Waals surface area contributed by atoms with Crippen LogP contribution < -0.4 is 5.32 Å². The molecule has 3 aliphatic carbocycles. The van der Waals surface area contributed by atoms with Gasteiger partial charge in [0.2, 0.25) is 0 Å². The second kappa shape index (κ2) is 19.3.